The van der Waals surface area contributed by atoms with E-state index in [1.54, 1.807) is 14.2 Å². The van der Waals surface area contributed by atoms with E-state index in [-0.39, 0.29) is 0 Å². The Bertz CT molecular complexity index is 697. The first kappa shape index (κ1) is 17.9. The van der Waals surface area contributed by atoms with Crippen molar-refractivity contribution in [1.29, 1.82) is 5.26 Å². The molecule has 0 aromatic heterocycles. The van der Waals surface area contributed by atoms with Crippen molar-refractivity contribution in [3.63, 3.8) is 0 Å². The molecule has 0 spiro atoms. The first-order valence-electron chi connectivity index (χ1n) is 6.38. The lowest BCUT2D eigenvalue weighted by Crippen LogP contribution is -2.13. The second kappa shape index (κ2) is 7.77. The van der Waals surface area contributed by atoms with Crippen LogP contribution < -0.4 is 9.47 Å². The summed E-state index contributed by atoms with van der Waals surface area (Å²) in [7, 11) is -0.439. The number of nitrogens with zero attached hydrogens (tertiary/aromatic N) is 2. The van der Waals surface area contributed by atoms with Crippen LogP contribution in [0.25, 0.3) is 0 Å². The van der Waals surface area contributed by atoms with Gasteiger partial charge in [-0.25, -0.2) is 0 Å². The minimum atomic E-state index is -3.67. The fraction of sp³-hybridized carbons (Fsp3) is 0.429. The van der Waals surface area contributed by atoms with Crippen LogP contribution in [0.1, 0.15) is 17.5 Å². The van der Waals surface area contributed by atoms with E-state index in [1.807, 2.05) is 12.1 Å². The summed E-state index contributed by atoms with van der Waals surface area (Å²) in [5, 5.41) is 8.78. The van der Waals surface area contributed by atoms with E-state index in [4.69, 9.17) is 19.3 Å². The Morgan fingerprint density at radius 2 is 1.86 bits per heavy atom. The van der Waals surface area contributed by atoms with Crippen LogP contribution in [0, 0.1) is 11.3 Å². The Morgan fingerprint density at radius 1 is 1.32 bits per heavy atom. The van der Waals surface area contributed by atoms with E-state index in [1.165, 1.54) is 5.56 Å². The number of hydrogen-bond donors (Lipinski definition) is 1. The molecule has 0 saturated carbocycles. The fourth-order valence-electron chi connectivity index (χ4n) is 2.02. The van der Waals surface area contributed by atoms with Gasteiger partial charge in [0.1, 0.15) is 0 Å². The van der Waals surface area contributed by atoms with E-state index in [9.17, 15) is 8.42 Å². The van der Waals surface area contributed by atoms with Crippen LogP contribution in [0.15, 0.2) is 17.1 Å². The Balaban J connectivity index is 0.000000422. The van der Waals surface area contributed by atoms with Gasteiger partial charge >= 0.3 is 0 Å². The molecule has 0 radical (unpaired) electrons. The minimum Gasteiger partial charge on any atom is -0.493 e. The molecule has 8 heteroatoms. The quantitative estimate of drug-likeness (QED) is 0.842. The van der Waals surface area contributed by atoms with Crippen molar-refractivity contribution >= 4 is 15.8 Å². The molecule has 1 aliphatic rings. The summed E-state index contributed by atoms with van der Waals surface area (Å²) in [5.74, 6) is 1.41. The van der Waals surface area contributed by atoms with E-state index in [2.05, 4.69) is 11.1 Å². The van der Waals surface area contributed by atoms with Crippen LogP contribution in [0.2, 0.25) is 0 Å². The molecule has 1 aliphatic heterocycles. The SMILES string of the molecule is COc1cc2c(cc1OC)C(CC#N)=NCC2.CS(=O)(=O)O. The standard InChI is InChI=1S/C13H14N2O2.CH4O3S/c1-16-12-7-9-4-6-15-11(3-5-14)10(9)8-13(12)17-2;1-5(2,3)4/h7-8H,3-4,6H2,1-2H3;1H3,(H,2,3,4). The Labute approximate surface area is 129 Å². The highest BCUT2D eigenvalue weighted by Gasteiger charge is 2.17. The molecule has 0 amide bonds. The lowest BCUT2D eigenvalue weighted by atomic mass is 9.95. The average molecular weight is 326 g/mol. The second-order valence-corrected chi connectivity index (χ2v) is 5.98. The third-order valence-corrected chi connectivity index (χ3v) is 2.85. The molecule has 1 N–H and O–H groups in total. The van der Waals surface area contributed by atoms with Gasteiger partial charge in [0, 0.05) is 12.1 Å². The van der Waals surface area contributed by atoms with Crippen LogP contribution in [0.3, 0.4) is 0 Å². The topological polar surface area (TPSA) is 109 Å². The monoisotopic (exact) mass is 326 g/mol. The highest BCUT2D eigenvalue weighted by Crippen LogP contribution is 2.32. The van der Waals surface area contributed by atoms with Crippen molar-refractivity contribution in [1.82, 2.24) is 0 Å². The van der Waals surface area contributed by atoms with E-state index in [0.29, 0.717) is 18.4 Å². The molecule has 0 fully saturated rings. The van der Waals surface area contributed by atoms with Gasteiger partial charge in [0.05, 0.1) is 38.7 Å². The fourth-order valence-corrected chi connectivity index (χ4v) is 2.02. The van der Waals surface area contributed by atoms with Gasteiger partial charge in [0.2, 0.25) is 0 Å². The van der Waals surface area contributed by atoms with Crippen LogP contribution >= 0.6 is 0 Å². The van der Waals surface area contributed by atoms with Crippen LogP contribution in [-0.4, -0.2) is 45.7 Å². The van der Waals surface area contributed by atoms with Gasteiger partial charge in [-0.05, 0) is 24.1 Å². The first-order chi connectivity index (χ1) is 10.3. The van der Waals surface area contributed by atoms with E-state index < -0.39 is 10.1 Å². The van der Waals surface area contributed by atoms with E-state index >= 15 is 0 Å². The predicted octanol–water partition coefficient (Wildman–Crippen LogP) is 1.47. The first-order valence-corrected chi connectivity index (χ1v) is 8.23. The third-order valence-electron chi connectivity index (χ3n) is 2.85. The molecule has 1 heterocycles. The highest BCUT2D eigenvalue weighted by atomic mass is 32.2. The van der Waals surface area contributed by atoms with Gasteiger partial charge in [0.15, 0.2) is 11.5 Å². The predicted molar refractivity (Wildman–Crippen MR) is 82.4 cm³/mol. The van der Waals surface area contributed by atoms with Gasteiger partial charge < -0.3 is 9.47 Å². The number of ether oxygens (including phenoxy) is 2. The van der Waals surface area contributed by atoms with Crippen molar-refractivity contribution < 1.29 is 22.4 Å². The van der Waals surface area contributed by atoms with Crippen molar-refractivity contribution in [2.24, 2.45) is 4.99 Å². The molecule has 1 aromatic carbocycles. The molecule has 2 rings (SSSR count). The summed E-state index contributed by atoms with van der Waals surface area (Å²) in [6, 6.07) is 6.02. The highest BCUT2D eigenvalue weighted by molar-refractivity contribution is 7.85. The maximum absolute atomic E-state index is 9.19. The summed E-state index contributed by atoms with van der Waals surface area (Å²) in [6.07, 6.45) is 1.93. The normalized spacial score (nSPS) is 13.0. The van der Waals surface area contributed by atoms with Crippen molar-refractivity contribution in [2.45, 2.75) is 12.8 Å². The lowest BCUT2D eigenvalue weighted by molar-refractivity contribution is 0.354. The molecular formula is C14H18N2O5S. The molecule has 0 atom stereocenters. The molecule has 22 heavy (non-hydrogen) atoms. The maximum Gasteiger partial charge on any atom is 0.261 e. The van der Waals surface area contributed by atoms with E-state index in [0.717, 1.165) is 30.0 Å². The zero-order valence-corrected chi connectivity index (χ0v) is 13.5. The average Bonchev–Trinajstić information content (AvgIpc) is 2.44. The molecule has 7 nitrogen and oxygen atoms in total. The molecule has 0 unspecified atom stereocenters. The summed E-state index contributed by atoms with van der Waals surface area (Å²) >= 11 is 0. The van der Waals surface area contributed by atoms with Gasteiger partial charge in [-0.3, -0.25) is 9.55 Å². The summed E-state index contributed by atoms with van der Waals surface area (Å²) in [4.78, 5) is 4.39. The number of methoxy groups -OCH3 is 2. The summed E-state index contributed by atoms with van der Waals surface area (Å²) in [5.41, 5.74) is 3.02. The molecule has 0 aliphatic carbocycles. The summed E-state index contributed by atoms with van der Waals surface area (Å²) in [6.45, 7) is 0.736. The zero-order chi connectivity index (χ0) is 16.8. The Hall–Kier alpha value is -2.11. The zero-order valence-electron chi connectivity index (χ0n) is 12.7. The lowest BCUT2D eigenvalue weighted by Gasteiger charge is -2.18. The smallest absolute Gasteiger partial charge is 0.261 e. The summed E-state index contributed by atoms with van der Waals surface area (Å²) < 4.78 is 36.4. The molecule has 0 bridgehead atoms. The van der Waals surface area contributed by atoms with Crippen LogP contribution in [0.5, 0.6) is 11.5 Å². The van der Waals surface area contributed by atoms with Gasteiger partial charge in [-0.1, -0.05) is 0 Å². The molecule has 1 aromatic rings. The Kier molecular flexibility index (Phi) is 6.34. The van der Waals surface area contributed by atoms with Gasteiger partial charge in [-0.2, -0.15) is 13.7 Å². The largest absolute Gasteiger partial charge is 0.493 e. The van der Waals surface area contributed by atoms with Crippen LogP contribution in [-0.2, 0) is 16.5 Å². The third kappa shape index (κ3) is 5.35. The number of hydrogen-bond acceptors (Lipinski definition) is 6. The van der Waals surface area contributed by atoms with Crippen molar-refractivity contribution in [2.75, 3.05) is 27.0 Å². The van der Waals surface area contributed by atoms with Gasteiger partial charge in [0.25, 0.3) is 10.1 Å². The Morgan fingerprint density at radius 3 is 2.36 bits per heavy atom. The van der Waals surface area contributed by atoms with Crippen molar-refractivity contribution in [3.05, 3.63) is 23.3 Å². The number of benzene rings is 1. The number of rotatable bonds is 3. The minimum absolute atomic E-state index is 0.336. The number of nitriles is 1. The van der Waals surface area contributed by atoms with Crippen molar-refractivity contribution in [3.8, 4) is 17.6 Å². The number of aliphatic imine (C=N–C) groups is 1. The molecule has 0 saturated heterocycles. The second-order valence-electron chi connectivity index (χ2n) is 4.51. The van der Waals surface area contributed by atoms with Gasteiger partial charge in [-0.15, -0.1) is 0 Å². The number of fused-ring (bicyclic) bond motifs is 1. The van der Waals surface area contributed by atoms with Crippen LogP contribution in [0.4, 0.5) is 0 Å². The maximum atomic E-state index is 9.19. The molecule has 120 valence electrons. The molecular weight excluding hydrogens is 308 g/mol.